The molecule has 110 valence electrons. The van der Waals surface area contributed by atoms with E-state index >= 15 is 0 Å². The van der Waals surface area contributed by atoms with Gasteiger partial charge >= 0.3 is 0 Å². The summed E-state index contributed by atoms with van der Waals surface area (Å²) in [6.45, 7) is 2.56. The molecule has 21 heavy (non-hydrogen) atoms. The van der Waals surface area contributed by atoms with E-state index in [-0.39, 0.29) is 17.6 Å². The maximum Gasteiger partial charge on any atom is 0.231 e. The highest BCUT2D eigenvalue weighted by atomic mass is 19.1. The van der Waals surface area contributed by atoms with Crippen LogP contribution in [0.25, 0.3) is 0 Å². The Kier molecular flexibility index (Phi) is 3.68. The number of aryl methyl sites for hydroxylation is 1. The molecule has 1 amide bonds. The largest absolute Gasteiger partial charge is 0.294 e. The van der Waals surface area contributed by atoms with Crippen LogP contribution in [0.15, 0.2) is 24.3 Å². The maximum atomic E-state index is 12.9. The maximum absolute atomic E-state index is 12.9. The van der Waals surface area contributed by atoms with Crippen LogP contribution in [0.5, 0.6) is 0 Å². The monoisotopic (exact) mass is 288 g/mol. The zero-order valence-electron chi connectivity index (χ0n) is 11.8. The molecule has 0 saturated heterocycles. The van der Waals surface area contributed by atoms with Gasteiger partial charge < -0.3 is 0 Å². The Bertz CT molecular complexity index is 637. The zero-order chi connectivity index (χ0) is 14.8. The third kappa shape index (κ3) is 2.79. The van der Waals surface area contributed by atoms with E-state index in [4.69, 9.17) is 0 Å². The van der Waals surface area contributed by atoms with Crippen molar-refractivity contribution >= 4 is 11.7 Å². The van der Waals surface area contributed by atoms with Gasteiger partial charge in [0.25, 0.3) is 0 Å². The van der Waals surface area contributed by atoms with Crippen molar-refractivity contribution in [1.82, 2.24) is 15.4 Å². The lowest BCUT2D eigenvalue weighted by atomic mass is 9.98. The van der Waals surface area contributed by atoms with Gasteiger partial charge in [-0.3, -0.25) is 9.69 Å². The number of carbonyl (C=O) groups is 1. The van der Waals surface area contributed by atoms with Crippen LogP contribution in [0.1, 0.15) is 24.6 Å². The van der Waals surface area contributed by atoms with Crippen LogP contribution in [0.3, 0.4) is 0 Å². The average Bonchev–Trinajstić information content (AvgIpc) is 2.97. The summed E-state index contributed by atoms with van der Waals surface area (Å²) in [4.78, 5) is 14.3. The van der Waals surface area contributed by atoms with E-state index in [1.165, 1.54) is 12.1 Å². The highest BCUT2D eigenvalue weighted by molar-refractivity contribution is 5.94. The molecule has 0 radical (unpaired) electrons. The Hall–Kier alpha value is -2.24. The van der Waals surface area contributed by atoms with Crippen LogP contribution in [0.2, 0.25) is 0 Å². The predicted octanol–water partition coefficient (Wildman–Crippen LogP) is 2.10. The van der Waals surface area contributed by atoms with E-state index < -0.39 is 0 Å². The molecular weight excluding hydrogens is 271 g/mol. The molecular formula is C15H17FN4O. The number of rotatable bonds is 3. The molecule has 6 heteroatoms. The third-order valence-electron chi connectivity index (χ3n) is 3.79. The van der Waals surface area contributed by atoms with Gasteiger partial charge in [-0.05, 0) is 37.0 Å². The smallest absolute Gasteiger partial charge is 0.231 e. The fourth-order valence-corrected chi connectivity index (χ4v) is 2.68. The normalized spacial score (nSPS) is 15.6. The lowest BCUT2D eigenvalue weighted by Crippen LogP contribution is -2.39. The second kappa shape index (κ2) is 5.63. The van der Waals surface area contributed by atoms with Gasteiger partial charge in [-0.2, -0.15) is 10.3 Å². The van der Waals surface area contributed by atoms with Crippen LogP contribution in [-0.2, 0) is 17.6 Å². The number of aromatic amines is 1. The van der Waals surface area contributed by atoms with Crippen molar-refractivity contribution in [1.29, 1.82) is 0 Å². The van der Waals surface area contributed by atoms with Crippen molar-refractivity contribution in [2.24, 2.45) is 5.92 Å². The predicted molar refractivity (Wildman–Crippen MR) is 76.3 cm³/mol. The van der Waals surface area contributed by atoms with E-state index in [9.17, 15) is 9.18 Å². The first kappa shape index (κ1) is 13.7. The molecule has 1 N–H and O–H groups in total. The second-order valence-electron chi connectivity index (χ2n) is 5.42. The Morgan fingerprint density at radius 3 is 2.90 bits per heavy atom. The molecule has 2 aromatic rings. The van der Waals surface area contributed by atoms with Gasteiger partial charge in [0, 0.05) is 12.5 Å². The number of carbonyl (C=O) groups excluding carboxylic acids is 1. The summed E-state index contributed by atoms with van der Waals surface area (Å²) in [6.07, 6.45) is 2.33. The van der Waals surface area contributed by atoms with Crippen LogP contribution >= 0.6 is 0 Å². The van der Waals surface area contributed by atoms with Gasteiger partial charge in [0.05, 0.1) is 0 Å². The standard InChI is InChI=1S/C15H17FN4O/c1-10(9-11-4-6-12(16)7-5-11)15(21)20-8-2-3-13-14(20)18-19-17-13/h4-7,10H,2-3,8-9H2,1H3,(H,17,18,19). The Balaban J connectivity index is 1.72. The molecule has 1 aromatic heterocycles. The first-order chi connectivity index (χ1) is 10.1. The molecule has 0 fully saturated rings. The minimum absolute atomic E-state index is 0.0363. The summed E-state index contributed by atoms with van der Waals surface area (Å²) in [5.41, 5.74) is 1.80. The number of benzene rings is 1. The van der Waals surface area contributed by atoms with E-state index in [1.807, 2.05) is 6.92 Å². The molecule has 2 heterocycles. The lowest BCUT2D eigenvalue weighted by molar-refractivity contribution is -0.122. The number of fused-ring (bicyclic) bond motifs is 1. The number of halogens is 1. The van der Waals surface area contributed by atoms with Crippen LogP contribution in [0, 0.1) is 11.7 Å². The SMILES string of the molecule is CC(Cc1ccc(F)cc1)C(=O)N1CCCc2n[nH]nc21. The van der Waals surface area contributed by atoms with Gasteiger partial charge in [0.1, 0.15) is 11.5 Å². The number of amides is 1. The van der Waals surface area contributed by atoms with Gasteiger partial charge in [-0.25, -0.2) is 4.39 Å². The number of hydrogen-bond donors (Lipinski definition) is 1. The van der Waals surface area contributed by atoms with Crippen molar-refractivity contribution in [3.63, 3.8) is 0 Å². The number of aromatic nitrogens is 3. The van der Waals surface area contributed by atoms with Gasteiger partial charge in [-0.1, -0.05) is 19.1 Å². The molecule has 1 atom stereocenters. The summed E-state index contributed by atoms with van der Waals surface area (Å²) >= 11 is 0. The number of anilines is 1. The second-order valence-corrected chi connectivity index (χ2v) is 5.42. The molecule has 0 spiro atoms. The third-order valence-corrected chi connectivity index (χ3v) is 3.79. The minimum Gasteiger partial charge on any atom is -0.294 e. The summed E-state index contributed by atoms with van der Waals surface area (Å²) in [5.74, 6) is 0.241. The molecule has 1 unspecified atom stereocenters. The zero-order valence-corrected chi connectivity index (χ0v) is 11.8. The van der Waals surface area contributed by atoms with Crippen molar-refractivity contribution in [3.8, 4) is 0 Å². The molecule has 0 saturated carbocycles. The summed E-state index contributed by atoms with van der Waals surface area (Å²) in [6, 6.07) is 6.28. The molecule has 1 aromatic carbocycles. The fourth-order valence-electron chi connectivity index (χ4n) is 2.68. The van der Waals surface area contributed by atoms with Gasteiger partial charge in [0.2, 0.25) is 5.91 Å². The average molecular weight is 288 g/mol. The van der Waals surface area contributed by atoms with E-state index in [0.717, 1.165) is 24.1 Å². The number of H-pyrrole nitrogens is 1. The molecule has 5 nitrogen and oxygen atoms in total. The van der Waals surface area contributed by atoms with Crippen molar-refractivity contribution in [2.75, 3.05) is 11.4 Å². The number of hydrogen-bond acceptors (Lipinski definition) is 3. The molecule has 1 aliphatic heterocycles. The topological polar surface area (TPSA) is 61.9 Å². The van der Waals surface area contributed by atoms with E-state index in [2.05, 4.69) is 15.4 Å². The van der Waals surface area contributed by atoms with Crippen molar-refractivity contribution < 1.29 is 9.18 Å². The fraction of sp³-hybridized carbons (Fsp3) is 0.400. The van der Waals surface area contributed by atoms with Crippen LogP contribution in [-0.4, -0.2) is 27.9 Å². The highest BCUT2D eigenvalue weighted by Gasteiger charge is 2.29. The Morgan fingerprint density at radius 2 is 2.14 bits per heavy atom. The highest BCUT2D eigenvalue weighted by Crippen LogP contribution is 2.24. The molecule has 0 bridgehead atoms. The van der Waals surface area contributed by atoms with Crippen molar-refractivity contribution in [2.45, 2.75) is 26.2 Å². The first-order valence-electron chi connectivity index (χ1n) is 7.10. The number of nitrogens with zero attached hydrogens (tertiary/aromatic N) is 3. The summed E-state index contributed by atoms with van der Waals surface area (Å²) < 4.78 is 12.9. The van der Waals surface area contributed by atoms with Gasteiger partial charge in [0.15, 0.2) is 5.82 Å². The number of nitrogens with one attached hydrogen (secondary N) is 1. The van der Waals surface area contributed by atoms with Crippen molar-refractivity contribution in [3.05, 3.63) is 41.3 Å². The Labute approximate surface area is 122 Å². The first-order valence-corrected chi connectivity index (χ1v) is 7.10. The molecule has 0 aliphatic carbocycles. The minimum atomic E-state index is -0.263. The van der Waals surface area contributed by atoms with Gasteiger partial charge in [-0.15, -0.1) is 5.10 Å². The quantitative estimate of drug-likeness (QED) is 0.941. The van der Waals surface area contributed by atoms with Crippen LogP contribution in [0.4, 0.5) is 10.2 Å². The van der Waals surface area contributed by atoms with E-state index in [1.54, 1.807) is 17.0 Å². The summed E-state index contributed by atoms with van der Waals surface area (Å²) in [5, 5.41) is 10.7. The van der Waals surface area contributed by atoms with Crippen LogP contribution < -0.4 is 4.90 Å². The molecule has 3 rings (SSSR count). The summed E-state index contributed by atoms with van der Waals surface area (Å²) in [7, 11) is 0. The Morgan fingerprint density at radius 1 is 1.38 bits per heavy atom. The molecule has 1 aliphatic rings. The van der Waals surface area contributed by atoms with E-state index in [0.29, 0.717) is 18.8 Å². The lowest BCUT2D eigenvalue weighted by Gasteiger charge is -2.27.